The topological polar surface area (TPSA) is 62.7 Å². The molecule has 0 radical (unpaired) electrons. The van der Waals surface area contributed by atoms with Gasteiger partial charge >= 0.3 is 5.97 Å². The lowest BCUT2D eigenvalue weighted by Crippen LogP contribution is -2.46. The number of hydrogen-bond donors (Lipinski definition) is 0. The summed E-state index contributed by atoms with van der Waals surface area (Å²) < 4.78 is 4.73. The molecule has 1 aromatic carbocycles. The van der Waals surface area contributed by atoms with Gasteiger partial charge in [0, 0.05) is 38.1 Å². The van der Waals surface area contributed by atoms with Crippen LogP contribution in [0.15, 0.2) is 48.8 Å². The Hall–Kier alpha value is -2.73. The van der Waals surface area contributed by atoms with E-state index in [1.807, 2.05) is 29.2 Å². The fourth-order valence-corrected chi connectivity index (χ4v) is 4.83. The molecular formula is C25H31N3O3. The number of hydrogen-bond acceptors (Lipinski definition) is 5. The first-order valence-electron chi connectivity index (χ1n) is 11.2. The summed E-state index contributed by atoms with van der Waals surface area (Å²) in [7, 11) is 1.42. The normalized spacial score (nSPS) is 20.0. The van der Waals surface area contributed by atoms with E-state index in [1.165, 1.54) is 19.1 Å². The molecule has 0 aliphatic carbocycles. The lowest BCUT2D eigenvalue weighted by atomic mass is 9.97. The van der Waals surface area contributed by atoms with Crippen LogP contribution in [0.4, 0.5) is 0 Å². The number of nitrogens with zero attached hydrogens (tertiary/aromatic N) is 3. The van der Waals surface area contributed by atoms with Crippen LogP contribution in [0.2, 0.25) is 0 Å². The van der Waals surface area contributed by atoms with Crippen molar-refractivity contribution >= 4 is 11.9 Å². The summed E-state index contributed by atoms with van der Waals surface area (Å²) in [5.74, 6) is 0.565. The molecule has 0 spiro atoms. The summed E-state index contributed by atoms with van der Waals surface area (Å²) in [6, 6.07) is 12.6. The van der Waals surface area contributed by atoms with E-state index >= 15 is 0 Å². The third-order valence-corrected chi connectivity index (χ3v) is 6.62. The predicted octanol–water partition coefficient (Wildman–Crippen LogP) is 2.97. The van der Waals surface area contributed by atoms with Crippen LogP contribution in [0.1, 0.15) is 40.7 Å². The fraction of sp³-hybridized carbons (Fsp3) is 0.480. The van der Waals surface area contributed by atoms with Crippen molar-refractivity contribution in [1.82, 2.24) is 14.8 Å². The molecule has 164 valence electrons. The first-order chi connectivity index (χ1) is 15.1. The van der Waals surface area contributed by atoms with Gasteiger partial charge in [-0.3, -0.25) is 19.5 Å². The number of piperidine rings is 1. The maximum Gasteiger partial charge on any atom is 0.309 e. The summed E-state index contributed by atoms with van der Waals surface area (Å²) in [5, 5.41) is 0. The Kier molecular flexibility index (Phi) is 6.97. The van der Waals surface area contributed by atoms with Crippen molar-refractivity contribution < 1.29 is 14.3 Å². The number of methoxy groups -OCH3 is 1. The van der Waals surface area contributed by atoms with E-state index in [2.05, 4.69) is 22.0 Å². The number of pyridine rings is 1. The average Bonchev–Trinajstić information content (AvgIpc) is 3.29. The summed E-state index contributed by atoms with van der Waals surface area (Å²) in [5.41, 5.74) is 3.01. The number of amides is 1. The second kappa shape index (κ2) is 10.1. The number of carbonyl (C=O) groups is 2. The molecule has 3 heterocycles. The SMILES string of the molecule is COC(=O)Cc1ccc(CC2CCN(C3CCN(C(=O)c4cccnc4)CC3)C2)cc1. The molecule has 6 nitrogen and oxygen atoms in total. The molecule has 2 aromatic rings. The molecule has 2 fully saturated rings. The molecule has 31 heavy (non-hydrogen) atoms. The Morgan fingerprint density at radius 1 is 1.03 bits per heavy atom. The van der Waals surface area contributed by atoms with E-state index in [9.17, 15) is 9.59 Å². The zero-order valence-corrected chi connectivity index (χ0v) is 18.2. The van der Waals surface area contributed by atoms with Crippen LogP contribution in [0.25, 0.3) is 0 Å². The van der Waals surface area contributed by atoms with Crippen LogP contribution in [-0.2, 0) is 22.4 Å². The molecule has 2 saturated heterocycles. The van der Waals surface area contributed by atoms with E-state index in [-0.39, 0.29) is 11.9 Å². The third-order valence-electron chi connectivity index (χ3n) is 6.62. The minimum Gasteiger partial charge on any atom is -0.469 e. The minimum absolute atomic E-state index is 0.0986. The molecule has 1 aromatic heterocycles. The van der Waals surface area contributed by atoms with Crippen molar-refractivity contribution in [2.24, 2.45) is 5.92 Å². The van der Waals surface area contributed by atoms with Gasteiger partial charge in [0.25, 0.3) is 5.91 Å². The predicted molar refractivity (Wildman–Crippen MR) is 119 cm³/mol. The number of aromatic nitrogens is 1. The summed E-state index contributed by atoms with van der Waals surface area (Å²) in [6.45, 7) is 3.92. The standard InChI is InChI=1S/C25H31N3O3/c1-31-24(29)16-20-6-4-19(5-7-20)15-21-8-12-28(18-21)23-9-13-27(14-10-23)25(30)22-3-2-11-26-17-22/h2-7,11,17,21,23H,8-10,12-16,18H2,1H3. The summed E-state index contributed by atoms with van der Waals surface area (Å²) >= 11 is 0. The first kappa shape index (κ1) is 21.5. The highest BCUT2D eigenvalue weighted by Crippen LogP contribution is 2.27. The Morgan fingerprint density at radius 3 is 2.45 bits per heavy atom. The monoisotopic (exact) mass is 421 g/mol. The molecule has 1 atom stereocenters. The molecule has 6 heteroatoms. The maximum atomic E-state index is 12.6. The Labute approximate surface area is 184 Å². The molecular weight excluding hydrogens is 390 g/mol. The molecule has 0 bridgehead atoms. The van der Waals surface area contributed by atoms with E-state index in [1.54, 1.807) is 12.4 Å². The lowest BCUT2D eigenvalue weighted by Gasteiger charge is -2.36. The second-order valence-electron chi connectivity index (χ2n) is 8.69. The van der Waals surface area contributed by atoms with Crippen molar-refractivity contribution in [2.75, 3.05) is 33.3 Å². The zero-order valence-electron chi connectivity index (χ0n) is 18.2. The first-order valence-corrected chi connectivity index (χ1v) is 11.2. The molecule has 1 amide bonds. The van der Waals surface area contributed by atoms with E-state index < -0.39 is 0 Å². The Morgan fingerprint density at radius 2 is 1.77 bits per heavy atom. The number of benzene rings is 1. The van der Waals surface area contributed by atoms with Crippen LogP contribution in [0.3, 0.4) is 0 Å². The van der Waals surface area contributed by atoms with Gasteiger partial charge in [-0.05, 0) is 61.4 Å². The highest BCUT2D eigenvalue weighted by Gasteiger charge is 2.32. The van der Waals surface area contributed by atoms with E-state index in [4.69, 9.17) is 4.74 Å². The number of likely N-dealkylation sites (tertiary alicyclic amines) is 2. The molecule has 0 saturated carbocycles. The molecule has 2 aliphatic rings. The lowest BCUT2D eigenvalue weighted by molar-refractivity contribution is -0.139. The van der Waals surface area contributed by atoms with E-state index in [0.717, 1.165) is 51.0 Å². The van der Waals surface area contributed by atoms with Gasteiger partial charge in [0.05, 0.1) is 19.1 Å². The molecule has 4 rings (SSSR count). The van der Waals surface area contributed by atoms with Crippen LogP contribution in [0.5, 0.6) is 0 Å². The van der Waals surface area contributed by atoms with Gasteiger partial charge in [0.1, 0.15) is 0 Å². The van der Waals surface area contributed by atoms with Crippen LogP contribution in [-0.4, -0.2) is 66.0 Å². The number of ether oxygens (including phenoxy) is 1. The van der Waals surface area contributed by atoms with Crippen molar-refractivity contribution in [3.05, 3.63) is 65.5 Å². The minimum atomic E-state index is -0.202. The Balaban J connectivity index is 1.23. The van der Waals surface area contributed by atoms with Crippen molar-refractivity contribution in [3.8, 4) is 0 Å². The van der Waals surface area contributed by atoms with Crippen molar-refractivity contribution in [1.29, 1.82) is 0 Å². The largest absolute Gasteiger partial charge is 0.469 e. The number of carbonyl (C=O) groups excluding carboxylic acids is 2. The van der Waals surface area contributed by atoms with Crippen molar-refractivity contribution in [3.63, 3.8) is 0 Å². The van der Waals surface area contributed by atoms with Gasteiger partial charge in [0.2, 0.25) is 0 Å². The van der Waals surface area contributed by atoms with Crippen LogP contribution < -0.4 is 0 Å². The highest BCUT2D eigenvalue weighted by molar-refractivity contribution is 5.93. The van der Waals surface area contributed by atoms with Gasteiger partial charge in [-0.15, -0.1) is 0 Å². The van der Waals surface area contributed by atoms with Crippen molar-refractivity contribution in [2.45, 2.75) is 38.1 Å². The quantitative estimate of drug-likeness (QED) is 0.671. The summed E-state index contributed by atoms with van der Waals surface area (Å²) in [6.07, 6.45) is 8.06. The molecule has 0 N–H and O–H groups in total. The van der Waals surface area contributed by atoms with Gasteiger partial charge in [-0.2, -0.15) is 0 Å². The maximum absolute atomic E-state index is 12.6. The zero-order chi connectivity index (χ0) is 21.6. The number of rotatable bonds is 6. The molecule has 2 aliphatic heterocycles. The van der Waals surface area contributed by atoms with Gasteiger partial charge < -0.3 is 9.64 Å². The smallest absolute Gasteiger partial charge is 0.309 e. The highest BCUT2D eigenvalue weighted by atomic mass is 16.5. The average molecular weight is 422 g/mol. The number of esters is 1. The van der Waals surface area contributed by atoms with Gasteiger partial charge in [0.15, 0.2) is 0 Å². The summed E-state index contributed by atoms with van der Waals surface area (Å²) in [4.78, 5) is 32.7. The van der Waals surface area contributed by atoms with Gasteiger partial charge in [-0.25, -0.2) is 0 Å². The molecule has 1 unspecified atom stereocenters. The van der Waals surface area contributed by atoms with Crippen LogP contribution in [0, 0.1) is 5.92 Å². The van der Waals surface area contributed by atoms with E-state index in [0.29, 0.717) is 23.9 Å². The second-order valence-corrected chi connectivity index (χ2v) is 8.69. The Bertz CT molecular complexity index is 877. The van der Waals surface area contributed by atoms with Crippen LogP contribution >= 0.6 is 0 Å². The fourth-order valence-electron chi connectivity index (χ4n) is 4.83. The van der Waals surface area contributed by atoms with Gasteiger partial charge in [-0.1, -0.05) is 24.3 Å². The third kappa shape index (κ3) is 5.50.